The zero-order chi connectivity index (χ0) is 9.68. The number of halogens is 1. The van der Waals surface area contributed by atoms with Crippen LogP contribution in [0.25, 0.3) is 0 Å². The zero-order valence-electron chi connectivity index (χ0n) is 7.63. The quantitative estimate of drug-likeness (QED) is 0.571. The number of methoxy groups -OCH3 is 1. The summed E-state index contributed by atoms with van der Waals surface area (Å²) in [7, 11) is 1.82. The minimum Gasteiger partial charge on any atom is -0.467 e. The molecule has 0 aliphatic carbocycles. The molecule has 1 rings (SSSR count). The van der Waals surface area contributed by atoms with Gasteiger partial charge in [-0.3, -0.25) is 0 Å². The molecule has 0 aromatic heterocycles. The fourth-order valence-corrected chi connectivity index (χ4v) is 1.94. The van der Waals surface area contributed by atoms with Gasteiger partial charge in [0, 0.05) is 20.3 Å². The molecule has 0 fully saturated rings. The minimum absolute atomic E-state index is 0.228. The molecule has 1 unspecified atom stereocenters. The normalized spacial score (nSPS) is 11.0. The molecule has 0 spiro atoms. The number of hydrogen-bond donors (Lipinski definition) is 0. The predicted octanol–water partition coefficient (Wildman–Crippen LogP) is 2.44. The van der Waals surface area contributed by atoms with Gasteiger partial charge in [-0.25, -0.2) is 0 Å². The van der Waals surface area contributed by atoms with Crippen molar-refractivity contribution in [3.8, 4) is 5.75 Å². The van der Waals surface area contributed by atoms with Crippen LogP contribution in [0.4, 0.5) is 0 Å². The molecule has 1 atom stereocenters. The topological polar surface area (TPSA) is 18.5 Å². The van der Waals surface area contributed by atoms with Gasteiger partial charge in [0.25, 0.3) is 0 Å². The first-order valence-electron chi connectivity index (χ1n) is 3.87. The SMILES string of the molecule is COCOc1ccc(C)cc1PCl. The highest BCUT2D eigenvalue weighted by Gasteiger charge is 2.02. The van der Waals surface area contributed by atoms with E-state index in [0.29, 0.717) is 0 Å². The Hall–Kier alpha value is -0.300. The summed E-state index contributed by atoms with van der Waals surface area (Å²) in [6, 6.07) is 5.93. The van der Waals surface area contributed by atoms with E-state index in [4.69, 9.17) is 20.7 Å². The maximum Gasteiger partial charge on any atom is 0.188 e. The number of hydrogen-bond acceptors (Lipinski definition) is 2. The lowest BCUT2D eigenvalue weighted by Gasteiger charge is -2.08. The van der Waals surface area contributed by atoms with Gasteiger partial charge in [0.1, 0.15) is 5.75 Å². The molecule has 2 nitrogen and oxygen atoms in total. The standard InChI is InChI=1S/C9H12ClO2P/c1-7-3-4-8(12-6-11-2)9(5-7)13-10/h3-5,13H,6H2,1-2H3. The Labute approximate surface area is 84.8 Å². The van der Waals surface area contributed by atoms with Gasteiger partial charge in [-0.2, -0.15) is 0 Å². The Morgan fingerprint density at radius 3 is 2.85 bits per heavy atom. The summed E-state index contributed by atoms with van der Waals surface area (Å²) in [5.41, 5.74) is 1.19. The first-order valence-corrected chi connectivity index (χ1v) is 5.88. The van der Waals surface area contributed by atoms with Gasteiger partial charge in [0.2, 0.25) is 0 Å². The summed E-state index contributed by atoms with van der Waals surface area (Å²) in [5, 5.41) is 1.03. The van der Waals surface area contributed by atoms with Crippen LogP contribution in [0.2, 0.25) is 0 Å². The van der Waals surface area contributed by atoms with Crippen molar-refractivity contribution in [3.05, 3.63) is 23.8 Å². The van der Waals surface area contributed by atoms with E-state index < -0.39 is 0 Å². The third kappa shape index (κ3) is 3.15. The van der Waals surface area contributed by atoms with Crippen LogP contribution in [0.15, 0.2) is 18.2 Å². The predicted molar refractivity (Wildman–Crippen MR) is 57.5 cm³/mol. The molecule has 0 aliphatic heterocycles. The monoisotopic (exact) mass is 218 g/mol. The zero-order valence-corrected chi connectivity index (χ0v) is 9.39. The van der Waals surface area contributed by atoms with Crippen LogP contribution in [0.3, 0.4) is 0 Å². The van der Waals surface area contributed by atoms with Crippen LogP contribution in [-0.2, 0) is 4.74 Å². The molecule has 1 aromatic rings. The first-order chi connectivity index (χ1) is 6.27. The van der Waals surface area contributed by atoms with E-state index >= 15 is 0 Å². The van der Waals surface area contributed by atoms with Crippen molar-refractivity contribution in [3.63, 3.8) is 0 Å². The smallest absolute Gasteiger partial charge is 0.188 e. The van der Waals surface area contributed by atoms with Gasteiger partial charge >= 0.3 is 0 Å². The number of rotatable bonds is 4. The summed E-state index contributed by atoms with van der Waals surface area (Å²) >= 11 is 5.79. The molecular formula is C9H12ClO2P. The van der Waals surface area contributed by atoms with Gasteiger partial charge in [0.05, 0.1) is 0 Å². The fourth-order valence-electron chi connectivity index (χ4n) is 0.966. The third-order valence-corrected chi connectivity index (χ3v) is 2.77. The van der Waals surface area contributed by atoms with Gasteiger partial charge < -0.3 is 9.47 Å². The second-order valence-corrected chi connectivity index (χ2v) is 3.94. The molecule has 0 bridgehead atoms. The van der Waals surface area contributed by atoms with Crippen LogP contribution in [0.5, 0.6) is 5.75 Å². The fraction of sp³-hybridized carbons (Fsp3) is 0.333. The minimum atomic E-state index is 0.228. The van der Waals surface area contributed by atoms with Crippen LogP contribution < -0.4 is 10.0 Å². The molecular weight excluding hydrogens is 207 g/mol. The number of aryl methyl sites for hydroxylation is 1. The molecule has 72 valence electrons. The van der Waals surface area contributed by atoms with Gasteiger partial charge in [-0.15, -0.1) is 0 Å². The second-order valence-electron chi connectivity index (χ2n) is 2.64. The highest BCUT2D eigenvalue weighted by Crippen LogP contribution is 2.23. The Morgan fingerprint density at radius 2 is 2.23 bits per heavy atom. The highest BCUT2D eigenvalue weighted by atomic mass is 35.7. The summed E-state index contributed by atoms with van der Waals surface area (Å²) in [4.78, 5) is 0. The second kappa shape index (κ2) is 5.43. The van der Waals surface area contributed by atoms with Crippen molar-refractivity contribution in [2.45, 2.75) is 6.92 Å². The van der Waals surface area contributed by atoms with Gasteiger partial charge in [0.15, 0.2) is 6.79 Å². The molecule has 4 heteroatoms. The van der Waals surface area contributed by atoms with Crippen molar-refractivity contribution in [2.75, 3.05) is 13.9 Å². The molecule has 0 aliphatic rings. The number of ether oxygens (including phenoxy) is 2. The summed E-state index contributed by atoms with van der Waals surface area (Å²) in [5.74, 6) is 0.806. The molecule has 0 heterocycles. The van der Waals surface area contributed by atoms with Crippen molar-refractivity contribution in [1.29, 1.82) is 0 Å². The molecule has 0 saturated carbocycles. The molecule has 0 N–H and O–H groups in total. The molecule has 13 heavy (non-hydrogen) atoms. The Balaban J connectivity index is 2.79. The average Bonchev–Trinajstić information content (AvgIpc) is 2.16. The number of benzene rings is 1. The lowest BCUT2D eigenvalue weighted by Crippen LogP contribution is -2.06. The van der Waals surface area contributed by atoms with Crippen molar-refractivity contribution >= 4 is 24.5 Å². The third-order valence-electron chi connectivity index (χ3n) is 1.57. The van der Waals surface area contributed by atoms with Crippen LogP contribution >= 0.6 is 19.2 Å². The largest absolute Gasteiger partial charge is 0.467 e. The van der Waals surface area contributed by atoms with Crippen LogP contribution in [-0.4, -0.2) is 13.9 Å². The molecule has 0 saturated heterocycles. The van der Waals surface area contributed by atoms with Gasteiger partial charge in [-0.05, 0) is 19.1 Å². The Bertz CT molecular complexity index is 278. The molecule has 0 amide bonds. The van der Waals surface area contributed by atoms with E-state index in [2.05, 4.69) is 0 Å². The lowest BCUT2D eigenvalue weighted by atomic mass is 10.2. The maximum atomic E-state index is 5.79. The first kappa shape index (κ1) is 10.8. The summed E-state index contributed by atoms with van der Waals surface area (Å²) < 4.78 is 10.1. The van der Waals surface area contributed by atoms with Crippen molar-refractivity contribution in [1.82, 2.24) is 0 Å². The highest BCUT2D eigenvalue weighted by molar-refractivity contribution is 7.75. The Morgan fingerprint density at radius 1 is 1.46 bits per heavy atom. The van der Waals surface area contributed by atoms with Crippen LogP contribution in [0.1, 0.15) is 5.56 Å². The van der Waals surface area contributed by atoms with E-state index in [-0.39, 0.29) is 14.7 Å². The average molecular weight is 219 g/mol. The van der Waals surface area contributed by atoms with E-state index in [1.807, 2.05) is 25.1 Å². The van der Waals surface area contributed by atoms with E-state index in [1.165, 1.54) is 5.56 Å². The Kier molecular flexibility index (Phi) is 4.51. The van der Waals surface area contributed by atoms with Crippen molar-refractivity contribution < 1.29 is 9.47 Å². The molecule has 1 aromatic carbocycles. The van der Waals surface area contributed by atoms with Gasteiger partial charge in [-0.1, -0.05) is 22.9 Å². The molecule has 0 radical (unpaired) electrons. The van der Waals surface area contributed by atoms with E-state index in [0.717, 1.165) is 11.1 Å². The van der Waals surface area contributed by atoms with E-state index in [1.54, 1.807) is 7.11 Å². The summed E-state index contributed by atoms with van der Waals surface area (Å²) in [6.45, 7) is 2.29. The van der Waals surface area contributed by atoms with Crippen molar-refractivity contribution in [2.24, 2.45) is 0 Å². The maximum absolute atomic E-state index is 5.79. The van der Waals surface area contributed by atoms with E-state index in [9.17, 15) is 0 Å². The van der Waals surface area contributed by atoms with Crippen LogP contribution in [0, 0.1) is 6.92 Å². The summed E-state index contributed by atoms with van der Waals surface area (Å²) in [6.07, 6.45) is 0. The lowest BCUT2D eigenvalue weighted by molar-refractivity contribution is 0.0519.